The summed E-state index contributed by atoms with van der Waals surface area (Å²) < 4.78 is 10.4. The molecule has 0 amide bonds. The van der Waals surface area contributed by atoms with E-state index in [2.05, 4.69) is 0 Å². The Morgan fingerprint density at radius 3 is 1.88 bits per heavy atom. The molecule has 2 unspecified atom stereocenters. The van der Waals surface area contributed by atoms with E-state index in [0.29, 0.717) is 5.92 Å². The fraction of sp³-hybridized carbons (Fsp3) is 1.00. The molecule has 8 heavy (non-hydrogen) atoms. The van der Waals surface area contributed by atoms with Crippen molar-refractivity contribution in [1.82, 2.24) is 0 Å². The van der Waals surface area contributed by atoms with E-state index in [0.717, 1.165) is 0 Å². The molecule has 0 rings (SSSR count). The minimum atomic E-state index is -0.875. The van der Waals surface area contributed by atoms with Crippen LogP contribution < -0.4 is 0 Å². The summed E-state index contributed by atoms with van der Waals surface area (Å²) in [6.07, 6.45) is 1.62. The Balaban J connectivity index is 3.64. The Morgan fingerprint density at radius 1 is 1.50 bits per heavy atom. The van der Waals surface area contributed by atoms with E-state index in [4.69, 9.17) is 11.6 Å². The van der Waals surface area contributed by atoms with Gasteiger partial charge < -0.3 is 0 Å². The molecule has 0 spiro atoms. The molecule has 0 aromatic heterocycles. The van der Waals surface area contributed by atoms with Gasteiger partial charge in [0, 0.05) is 17.1 Å². The van der Waals surface area contributed by atoms with E-state index in [9.17, 15) is 4.21 Å². The molecule has 0 heterocycles. The molecule has 0 radical (unpaired) electrons. The largest absolute Gasteiger partial charge is 0.258 e. The molecule has 0 aromatic carbocycles. The highest BCUT2D eigenvalue weighted by molar-refractivity contribution is 7.86. The molecule has 0 saturated carbocycles. The standard InChI is InChI=1S/C5H11ClOS/c1-4(2)5(6)8(3)7/h4-5H,1-3H3. The van der Waals surface area contributed by atoms with Crippen molar-refractivity contribution in [2.75, 3.05) is 6.26 Å². The van der Waals surface area contributed by atoms with Crippen molar-refractivity contribution in [3.8, 4) is 0 Å². The highest BCUT2D eigenvalue weighted by atomic mass is 35.5. The maximum Gasteiger partial charge on any atom is 0.111 e. The molecule has 0 saturated heterocycles. The van der Waals surface area contributed by atoms with Gasteiger partial charge in [0.25, 0.3) is 0 Å². The van der Waals surface area contributed by atoms with Gasteiger partial charge in [-0.3, -0.25) is 4.21 Å². The van der Waals surface area contributed by atoms with Gasteiger partial charge in [-0.15, -0.1) is 11.6 Å². The molecule has 3 heteroatoms. The van der Waals surface area contributed by atoms with E-state index in [1.165, 1.54) is 0 Å². The van der Waals surface area contributed by atoms with Gasteiger partial charge in [0.05, 0.1) is 0 Å². The van der Waals surface area contributed by atoms with Crippen molar-refractivity contribution in [2.45, 2.75) is 18.6 Å². The lowest BCUT2D eigenvalue weighted by atomic mass is 10.3. The Hall–Kier alpha value is 0.440. The zero-order chi connectivity index (χ0) is 6.73. The van der Waals surface area contributed by atoms with Crippen LogP contribution in [-0.2, 0) is 10.8 Å². The Kier molecular flexibility index (Phi) is 3.65. The van der Waals surface area contributed by atoms with Crippen molar-refractivity contribution in [1.29, 1.82) is 0 Å². The Labute approximate surface area is 57.9 Å². The quantitative estimate of drug-likeness (QED) is 0.552. The van der Waals surface area contributed by atoms with Crippen LogP contribution in [0.1, 0.15) is 13.8 Å². The lowest BCUT2D eigenvalue weighted by molar-refractivity contribution is 0.654. The zero-order valence-corrected chi connectivity index (χ0v) is 6.92. The first-order valence-corrected chi connectivity index (χ1v) is 4.57. The molecule has 1 nitrogen and oxygen atoms in total. The van der Waals surface area contributed by atoms with Gasteiger partial charge in [0.2, 0.25) is 0 Å². The molecule has 0 aliphatic heterocycles. The van der Waals surface area contributed by atoms with Crippen LogP contribution in [0.2, 0.25) is 0 Å². The first-order valence-electron chi connectivity index (χ1n) is 2.52. The topological polar surface area (TPSA) is 17.1 Å². The molecule has 2 atom stereocenters. The maximum absolute atomic E-state index is 10.6. The van der Waals surface area contributed by atoms with Crippen molar-refractivity contribution >= 4 is 22.4 Å². The third-order valence-corrected chi connectivity index (χ3v) is 3.28. The highest BCUT2D eigenvalue weighted by Gasteiger charge is 2.11. The predicted molar refractivity (Wildman–Crippen MR) is 38.5 cm³/mol. The second kappa shape index (κ2) is 3.46. The summed E-state index contributed by atoms with van der Waals surface area (Å²) in [5.74, 6) is 0.308. The van der Waals surface area contributed by atoms with E-state index in [1.807, 2.05) is 13.8 Å². The lowest BCUT2D eigenvalue weighted by Gasteiger charge is -2.07. The summed E-state index contributed by atoms with van der Waals surface area (Å²) in [7, 11) is -0.875. The van der Waals surface area contributed by atoms with Crippen LogP contribution in [0.5, 0.6) is 0 Å². The molecule has 0 bridgehead atoms. The van der Waals surface area contributed by atoms with Gasteiger partial charge in [0.1, 0.15) is 4.71 Å². The Bertz CT molecular complexity index is 92.4. The molecular formula is C5H11ClOS. The SMILES string of the molecule is CC(C)C(Cl)S(C)=O. The van der Waals surface area contributed by atoms with Crippen molar-refractivity contribution in [2.24, 2.45) is 5.92 Å². The first kappa shape index (κ1) is 8.44. The average molecular weight is 155 g/mol. The number of alkyl halides is 1. The number of hydrogen-bond donors (Lipinski definition) is 0. The van der Waals surface area contributed by atoms with E-state index in [1.54, 1.807) is 6.26 Å². The average Bonchev–Trinajstić information content (AvgIpc) is 1.64. The highest BCUT2D eigenvalue weighted by Crippen LogP contribution is 2.11. The molecule has 0 N–H and O–H groups in total. The smallest absolute Gasteiger partial charge is 0.111 e. The summed E-state index contributed by atoms with van der Waals surface area (Å²) in [4.78, 5) is 0. The van der Waals surface area contributed by atoms with Gasteiger partial charge in [-0.1, -0.05) is 13.8 Å². The Morgan fingerprint density at radius 2 is 1.88 bits per heavy atom. The normalized spacial score (nSPS) is 18.6. The van der Waals surface area contributed by atoms with Gasteiger partial charge in [0.15, 0.2) is 0 Å². The molecule has 0 aliphatic rings. The molecule has 0 aromatic rings. The first-order chi connectivity index (χ1) is 3.55. The van der Waals surface area contributed by atoms with Crippen LogP contribution in [0, 0.1) is 5.92 Å². The summed E-state index contributed by atoms with van der Waals surface area (Å²) in [5, 5.41) is 0. The monoisotopic (exact) mass is 154 g/mol. The van der Waals surface area contributed by atoms with Crippen LogP contribution in [0.25, 0.3) is 0 Å². The second-order valence-electron chi connectivity index (χ2n) is 2.09. The third-order valence-electron chi connectivity index (χ3n) is 0.841. The zero-order valence-electron chi connectivity index (χ0n) is 5.35. The van der Waals surface area contributed by atoms with E-state index < -0.39 is 10.8 Å². The number of halogens is 1. The van der Waals surface area contributed by atoms with Crippen LogP contribution in [0.3, 0.4) is 0 Å². The number of rotatable bonds is 2. The van der Waals surface area contributed by atoms with Crippen molar-refractivity contribution < 1.29 is 4.21 Å². The van der Waals surface area contributed by atoms with Gasteiger partial charge in [-0.05, 0) is 5.92 Å². The van der Waals surface area contributed by atoms with Gasteiger partial charge in [-0.2, -0.15) is 0 Å². The van der Waals surface area contributed by atoms with Crippen LogP contribution in [0.15, 0.2) is 0 Å². The van der Waals surface area contributed by atoms with Crippen molar-refractivity contribution in [3.63, 3.8) is 0 Å². The maximum atomic E-state index is 10.6. The summed E-state index contributed by atoms with van der Waals surface area (Å²) >= 11 is 5.65. The van der Waals surface area contributed by atoms with E-state index >= 15 is 0 Å². The molecule has 0 fully saturated rings. The fourth-order valence-corrected chi connectivity index (χ4v) is 1.15. The molecule has 50 valence electrons. The number of hydrogen-bond acceptors (Lipinski definition) is 1. The predicted octanol–water partition coefficient (Wildman–Crippen LogP) is 1.59. The van der Waals surface area contributed by atoms with E-state index in [-0.39, 0.29) is 4.71 Å². The lowest BCUT2D eigenvalue weighted by Crippen LogP contribution is -2.12. The van der Waals surface area contributed by atoms with Gasteiger partial charge in [-0.25, -0.2) is 0 Å². The summed E-state index contributed by atoms with van der Waals surface area (Å²) in [6, 6.07) is 0. The fourth-order valence-electron chi connectivity index (χ4n) is 0.383. The summed E-state index contributed by atoms with van der Waals surface area (Å²) in [5.41, 5.74) is 0. The minimum absolute atomic E-state index is 0.185. The minimum Gasteiger partial charge on any atom is -0.258 e. The van der Waals surface area contributed by atoms with Crippen molar-refractivity contribution in [3.05, 3.63) is 0 Å². The van der Waals surface area contributed by atoms with Crippen LogP contribution in [0.4, 0.5) is 0 Å². The van der Waals surface area contributed by atoms with Crippen LogP contribution in [-0.4, -0.2) is 15.2 Å². The molecular weight excluding hydrogens is 144 g/mol. The molecule has 0 aliphatic carbocycles. The van der Waals surface area contributed by atoms with Crippen LogP contribution >= 0.6 is 11.6 Å². The third kappa shape index (κ3) is 2.68. The second-order valence-corrected chi connectivity index (χ2v) is 4.33. The van der Waals surface area contributed by atoms with Gasteiger partial charge >= 0.3 is 0 Å². The summed E-state index contributed by atoms with van der Waals surface area (Å²) in [6.45, 7) is 3.91.